The Labute approximate surface area is 184 Å². The average molecular weight is 424 g/mol. The van der Waals surface area contributed by atoms with Crippen molar-refractivity contribution < 1.29 is 9.84 Å². The van der Waals surface area contributed by atoms with E-state index in [0.29, 0.717) is 39.9 Å². The highest BCUT2D eigenvalue weighted by Gasteiger charge is 2.19. The van der Waals surface area contributed by atoms with Gasteiger partial charge in [0.1, 0.15) is 11.3 Å². The third-order valence-corrected chi connectivity index (χ3v) is 5.20. The smallest absolute Gasteiger partial charge is 0.222 e. The molecular formula is C24H20N6O2. The molecule has 3 N–H and O–H groups in total. The summed E-state index contributed by atoms with van der Waals surface area (Å²) in [5.74, 6) is 1.50. The number of nitrogen functional groups attached to an aromatic ring is 1. The second-order valence-corrected chi connectivity index (χ2v) is 7.13. The summed E-state index contributed by atoms with van der Waals surface area (Å²) < 4.78 is 7.36. The van der Waals surface area contributed by atoms with Gasteiger partial charge < -0.3 is 15.6 Å². The molecule has 0 fully saturated rings. The highest BCUT2D eigenvalue weighted by atomic mass is 16.5. The van der Waals surface area contributed by atoms with Crippen LogP contribution in [0.5, 0.6) is 5.88 Å². The van der Waals surface area contributed by atoms with Crippen LogP contribution in [0.15, 0.2) is 73.1 Å². The fraction of sp³-hybridized carbons (Fsp3) is 0.0833. The number of aromatic nitrogens is 5. The molecule has 5 aromatic rings. The largest absolute Gasteiger partial charge is 0.481 e. The summed E-state index contributed by atoms with van der Waals surface area (Å²) in [4.78, 5) is 18.2. The van der Waals surface area contributed by atoms with Crippen LogP contribution >= 0.6 is 0 Å². The van der Waals surface area contributed by atoms with Gasteiger partial charge in [0.2, 0.25) is 5.88 Å². The zero-order chi connectivity index (χ0) is 22.1. The van der Waals surface area contributed by atoms with Gasteiger partial charge in [0.25, 0.3) is 0 Å². The van der Waals surface area contributed by atoms with E-state index < -0.39 is 0 Å². The Balaban J connectivity index is 1.79. The molecular weight excluding hydrogens is 404 g/mol. The van der Waals surface area contributed by atoms with Crippen LogP contribution in [0.25, 0.3) is 39.5 Å². The molecule has 0 aliphatic rings. The van der Waals surface area contributed by atoms with Gasteiger partial charge in [-0.3, -0.25) is 4.57 Å². The molecule has 0 radical (unpaired) electrons. The van der Waals surface area contributed by atoms with Crippen LogP contribution in [0, 0.1) is 0 Å². The Bertz CT molecular complexity index is 1410. The molecule has 0 unspecified atom stereocenters. The van der Waals surface area contributed by atoms with Crippen molar-refractivity contribution in [3.05, 3.63) is 78.6 Å². The fourth-order valence-corrected chi connectivity index (χ4v) is 3.64. The molecule has 0 aliphatic carbocycles. The second-order valence-electron chi connectivity index (χ2n) is 7.13. The number of nitrogens with zero attached hydrogens (tertiary/aromatic N) is 5. The van der Waals surface area contributed by atoms with Gasteiger partial charge in [0, 0.05) is 18.1 Å². The molecule has 0 saturated heterocycles. The van der Waals surface area contributed by atoms with Crippen molar-refractivity contribution in [3.63, 3.8) is 0 Å². The molecule has 4 heterocycles. The number of ether oxygens (including phenoxy) is 1. The Kier molecular flexibility index (Phi) is 4.97. The predicted octanol–water partition coefficient (Wildman–Crippen LogP) is 3.63. The van der Waals surface area contributed by atoms with Crippen LogP contribution in [0.2, 0.25) is 0 Å². The van der Waals surface area contributed by atoms with Crippen LogP contribution in [-0.4, -0.2) is 36.7 Å². The molecule has 32 heavy (non-hydrogen) atoms. The van der Waals surface area contributed by atoms with Crippen molar-refractivity contribution in [2.24, 2.45) is 0 Å². The fourth-order valence-electron chi connectivity index (χ4n) is 3.64. The molecule has 0 bridgehead atoms. The lowest BCUT2D eigenvalue weighted by Gasteiger charge is -2.11. The molecule has 4 aromatic heterocycles. The van der Waals surface area contributed by atoms with Crippen molar-refractivity contribution in [1.82, 2.24) is 24.5 Å². The monoisotopic (exact) mass is 424 g/mol. The lowest BCUT2D eigenvalue weighted by molar-refractivity contribution is 0.282. The number of anilines is 1. The van der Waals surface area contributed by atoms with Gasteiger partial charge in [-0.05, 0) is 54.1 Å². The van der Waals surface area contributed by atoms with Crippen molar-refractivity contribution in [3.8, 4) is 34.2 Å². The molecule has 0 saturated carbocycles. The van der Waals surface area contributed by atoms with Crippen molar-refractivity contribution in [2.75, 3.05) is 12.8 Å². The number of methoxy groups -OCH3 is 1. The summed E-state index contributed by atoms with van der Waals surface area (Å²) in [6.45, 7) is -0.0312. The van der Waals surface area contributed by atoms with E-state index in [-0.39, 0.29) is 6.61 Å². The number of imidazole rings is 1. The van der Waals surface area contributed by atoms with Gasteiger partial charge in [0.05, 0.1) is 30.5 Å². The predicted molar refractivity (Wildman–Crippen MR) is 122 cm³/mol. The lowest BCUT2D eigenvalue weighted by Crippen LogP contribution is -2.02. The Morgan fingerprint density at radius 2 is 1.66 bits per heavy atom. The van der Waals surface area contributed by atoms with E-state index in [9.17, 15) is 5.11 Å². The molecule has 8 nitrogen and oxygen atoms in total. The van der Waals surface area contributed by atoms with E-state index in [2.05, 4.69) is 9.97 Å². The number of fused-ring (bicyclic) bond motifs is 1. The Hall–Kier alpha value is -4.30. The average Bonchev–Trinajstić information content (AvgIpc) is 3.22. The van der Waals surface area contributed by atoms with Gasteiger partial charge >= 0.3 is 0 Å². The third-order valence-electron chi connectivity index (χ3n) is 5.20. The third kappa shape index (κ3) is 3.32. The van der Waals surface area contributed by atoms with Crippen LogP contribution < -0.4 is 10.5 Å². The molecule has 0 amide bonds. The summed E-state index contributed by atoms with van der Waals surface area (Å²) in [5.41, 5.74) is 11.4. The van der Waals surface area contributed by atoms with Gasteiger partial charge in [-0.25, -0.2) is 19.9 Å². The molecule has 1 aromatic carbocycles. The normalized spacial score (nSPS) is 11.1. The lowest BCUT2D eigenvalue weighted by atomic mass is 10.1. The number of aliphatic hydroxyl groups is 1. The maximum atomic E-state index is 9.44. The first-order chi connectivity index (χ1) is 15.7. The van der Waals surface area contributed by atoms with E-state index in [4.69, 9.17) is 20.4 Å². The van der Waals surface area contributed by atoms with E-state index in [1.165, 1.54) is 0 Å². The number of nitrogens with two attached hydrogens (primary N) is 1. The Morgan fingerprint density at radius 3 is 2.38 bits per heavy atom. The summed E-state index contributed by atoms with van der Waals surface area (Å²) in [5, 5.41) is 9.44. The first-order valence-corrected chi connectivity index (χ1v) is 9.99. The first-order valence-electron chi connectivity index (χ1n) is 9.99. The number of pyridine rings is 3. The van der Waals surface area contributed by atoms with Gasteiger partial charge in [-0.1, -0.05) is 12.1 Å². The molecule has 0 spiro atoms. The summed E-state index contributed by atoms with van der Waals surface area (Å²) in [7, 11) is 1.58. The molecule has 158 valence electrons. The highest BCUT2D eigenvalue weighted by Crippen LogP contribution is 2.33. The molecule has 8 heteroatoms. The van der Waals surface area contributed by atoms with E-state index in [1.807, 2.05) is 65.2 Å². The summed E-state index contributed by atoms with van der Waals surface area (Å²) in [6, 6.07) is 18.8. The zero-order valence-corrected chi connectivity index (χ0v) is 17.3. The van der Waals surface area contributed by atoms with Gasteiger partial charge in [0.15, 0.2) is 11.5 Å². The number of rotatable bonds is 5. The SMILES string of the molecule is COc1ncccc1-c1ccc2nc(-c3cccnc3N)n(-c3ccc(CO)cc3)c2n1. The molecule has 5 rings (SSSR count). The summed E-state index contributed by atoms with van der Waals surface area (Å²) >= 11 is 0. The number of hydrogen-bond donors (Lipinski definition) is 2. The standard InChI is InChI=1S/C24H20N6O2/c1-32-24-17(4-2-13-27-24)19-10-11-20-23(28-19)30(16-8-6-15(14-31)7-9-16)22(29-20)18-5-3-12-26-21(18)25/h2-13,31H,14H2,1H3,(H2,25,26). The van der Waals surface area contributed by atoms with Crippen LogP contribution in [0.4, 0.5) is 5.82 Å². The minimum atomic E-state index is -0.0312. The first kappa shape index (κ1) is 19.7. The number of hydrogen-bond acceptors (Lipinski definition) is 7. The maximum absolute atomic E-state index is 9.44. The summed E-state index contributed by atoms with van der Waals surface area (Å²) in [6.07, 6.45) is 3.32. The van der Waals surface area contributed by atoms with E-state index >= 15 is 0 Å². The maximum Gasteiger partial charge on any atom is 0.222 e. The quantitative estimate of drug-likeness (QED) is 0.443. The second kappa shape index (κ2) is 8.09. The van der Waals surface area contributed by atoms with Gasteiger partial charge in [-0.2, -0.15) is 0 Å². The molecule has 0 atom stereocenters. The van der Waals surface area contributed by atoms with Crippen LogP contribution in [-0.2, 0) is 6.61 Å². The topological polar surface area (TPSA) is 112 Å². The molecule has 0 aliphatic heterocycles. The number of benzene rings is 1. The minimum Gasteiger partial charge on any atom is -0.481 e. The zero-order valence-electron chi connectivity index (χ0n) is 17.3. The van der Waals surface area contributed by atoms with Gasteiger partial charge in [-0.15, -0.1) is 0 Å². The number of aliphatic hydroxyl groups excluding tert-OH is 1. The van der Waals surface area contributed by atoms with Crippen molar-refractivity contribution >= 4 is 17.0 Å². The van der Waals surface area contributed by atoms with Crippen molar-refractivity contribution in [2.45, 2.75) is 6.61 Å². The van der Waals surface area contributed by atoms with Crippen LogP contribution in [0.3, 0.4) is 0 Å². The van der Waals surface area contributed by atoms with E-state index in [0.717, 1.165) is 16.8 Å². The van der Waals surface area contributed by atoms with Crippen LogP contribution in [0.1, 0.15) is 5.56 Å². The van der Waals surface area contributed by atoms with E-state index in [1.54, 1.807) is 19.5 Å². The minimum absolute atomic E-state index is 0.0312. The van der Waals surface area contributed by atoms with Crippen molar-refractivity contribution in [1.29, 1.82) is 0 Å². The Morgan fingerprint density at radius 1 is 0.906 bits per heavy atom. The highest BCUT2D eigenvalue weighted by molar-refractivity contribution is 5.85.